The number of hydrogen-bond acceptors (Lipinski definition) is 4. The molecule has 0 saturated heterocycles. The second-order valence-corrected chi connectivity index (χ2v) is 9.34. The largest absolute Gasteiger partial charge is 0.350 e. The van der Waals surface area contributed by atoms with E-state index in [1.807, 2.05) is 85.2 Å². The van der Waals surface area contributed by atoms with Crippen LogP contribution in [0.4, 0.5) is 11.4 Å². The lowest BCUT2D eigenvalue weighted by Crippen LogP contribution is -2.27. The van der Waals surface area contributed by atoms with Gasteiger partial charge < -0.3 is 4.90 Å². The summed E-state index contributed by atoms with van der Waals surface area (Å²) in [5.41, 5.74) is 6.07. The maximum Gasteiger partial charge on any atom is 0.131 e. The van der Waals surface area contributed by atoms with Gasteiger partial charge in [-0.2, -0.15) is 0 Å². The van der Waals surface area contributed by atoms with Crippen LogP contribution in [0.5, 0.6) is 0 Å². The van der Waals surface area contributed by atoms with Crippen molar-refractivity contribution in [2.45, 2.75) is 6.54 Å². The van der Waals surface area contributed by atoms with Crippen LogP contribution >= 0.6 is 23.2 Å². The zero-order valence-corrected chi connectivity index (χ0v) is 21.1. The van der Waals surface area contributed by atoms with Gasteiger partial charge in [-0.25, -0.2) is 0 Å². The summed E-state index contributed by atoms with van der Waals surface area (Å²) in [6.45, 7) is 2.43. The van der Waals surface area contributed by atoms with Gasteiger partial charge in [0.1, 0.15) is 5.84 Å². The van der Waals surface area contributed by atoms with E-state index in [0.29, 0.717) is 5.02 Å². The average molecular weight is 511 g/mol. The molecule has 0 aliphatic carbocycles. The number of aliphatic imine (C=N–C) groups is 3. The highest BCUT2D eigenvalue weighted by atomic mass is 35.5. The van der Waals surface area contributed by atoms with Gasteiger partial charge in [-0.15, -0.1) is 0 Å². The van der Waals surface area contributed by atoms with E-state index in [1.54, 1.807) is 0 Å². The molecular formula is C30H24Cl2N4. The Labute approximate surface area is 221 Å². The minimum absolute atomic E-state index is 0.715. The van der Waals surface area contributed by atoms with Gasteiger partial charge in [0.25, 0.3) is 0 Å². The Hall–Kier alpha value is -3.73. The highest BCUT2D eigenvalue weighted by Gasteiger charge is 2.19. The predicted molar refractivity (Wildman–Crippen MR) is 152 cm³/mol. The Balaban J connectivity index is 1.28. The number of halogens is 2. The maximum absolute atomic E-state index is 5.98. The molecule has 0 N–H and O–H groups in total. The number of amidine groups is 1. The van der Waals surface area contributed by atoms with Gasteiger partial charge in [0.05, 0.1) is 17.9 Å². The minimum atomic E-state index is 0.715. The lowest BCUT2D eigenvalue weighted by atomic mass is 10.1. The third kappa shape index (κ3) is 6.28. The van der Waals surface area contributed by atoms with Crippen molar-refractivity contribution in [1.82, 2.24) is 4.90 Å². The van der Waals surface area contributed by atoms with Crippen molar-refractivity contribution in [2.75, 3.05) is 13.1 Å². The van der Waals surface area contributed by atoms with Crippen LogP contribution in [0.3, 0.4) is 0 Å². The van der Waals surface area contributed by atoms with Crippen LogP contribution in [0.2, 0.25) is 10.0 Å². The zero-order chi connectivity index (χ0) is 24.7. The van der Waals surface area contributed by atoms with Crippen molar-refractivity contribution in [3.05, 3.63) is 129 Å². The van der Waals surface area contributed by atoms with Crippen molar-refractivity contribution >= 4 is 52.8 Å². The van der Waals surface area contributed by atoms with Gasteiger partial charge in [-0.3, -0.25) is 15.0 Å². The van der Waals surface area contributed by atoms with Gasteiger partial charge in [0.2, 0.25) is 0 Å². The Morgan fingerprint density at radius 2 is 1.31 bits per heavy atom. The second kappa shape index (κ2) is 11.3. The van der Waals surface area contributed by atoms with E-state index >= 15 is 0 Å². The molecule has 178 valence electrons. The Morgan fingerprint density at radius 1 is 0.722 bits per heavy atom. The Bertz CT molecular complexity index is 1420. The molecular weight excluding hydrogens is 487 g/mol. The Kier molecular flexibility index (Phi) is 7.55. The van der Waals surface area contributed by atoms with Crippen molar-refractivity contribution in [3.63, 3.8) is 0 Å². The van der Waals surface area contributed by atoms with Gasteiger partial charge >= 0.3 is 0 Å². The standard InChI is InChI=1S/C30H24Cl2N4/c31-26-11-7-22(8-12-26)19-34-28-5-1-3-24(17-28)21-36-16-15-33-30(36)25-4-2-6-29(18-25)35-20-23-9-13-27(32)14-10-23/h1-14,17-20H,15-16,21H2. The van der Waals surface area contributed by atoms with Crippen LogP contribution in [0.1, 0.15) is 22.3 Å². The fourth-order valence-electron chi connectivity index (χ4n) is 3.99. The molecule has 5 rings (SSSR count). The first-order valence-corrected chi connectivity index (χ1v) is 12.5. The summed E-state index contributed by atoms with van der Waals surface area (Å²) in [6.07, 6.45) is 3.70. The molecule has 4 aromatic carbocycles. The van der Waals surface area contributed by atoms with E-state index < -0.39 is 0 Å². The molecule has 0 fully saturated rings. The lowest BCUT2D eigenvalue weighted by molar-refractivity contribution is 0.453. The third-order valence-electron chi connectivity index (χ3n) is 5.78. The molecule has 0 unspecified atom stereocenters. The molecule has 36 heavy (non-hydrogen) atoms. The summed E-state index contributed by atoms with van der Waals surface area (Å²) >= 11 is 11.9. The molecule has 4 nitrogen and oxygen atoms in total. The third-order valence-corrected chi connectivity index (χ3v) is 6.29. The quantitative estimate of drug-likeness (QED) is 0.234. The van der Waals surface area contributed by atoms with E-state index in [-0.39, 0.29) is 0 Å². The van der Waals surface area contributed by atoms with Crippen LogP contribution < -0.4 is 0 Å². The van der Waals surface area contributed by atoms with E-state index in [0.717, 1.165) is 58.6 Å². The van der Waals surface area contributed by atoms with Gasteiger partial charge in [-0.05, 0) is 65.2 Å². The predicted octanol–water partition coefficient (Wildman–Crippen LogP) is 7.76. The number of benzene rings is 4. The molecule has 0 bridgehead atoms. The summed E-state index contributed by atoms with van der Waals surface area (Å²) in [5.74, 6) is 0.994. The van der Waals surface area contributed by atoms with Crippen molar-refractivity contribution in [2.24, 2.45) is 15.0 Å². The fraction of sp³-hybridized carbons (Fsp3) is 0.100. The maximum atomic E-state index is 5.98. The van der Waals surface area contributed by atoms with Crippen LogP contribution in [-0.2, 0) is 6.54 Å². The second-order valence-electron chi connectivity index (χ2n) is 8.47. The summed E-state index contributed by atoms with van der Waals surface area (Å²) < 4.78 is 0. The fourth-order valence-corrected chi connectivity index (χ4v) is 4.24. The molecule has 0 atom stereocenters. The molecule has 4 aromatic rings. The SMILES string of the molecule is Clc1ccc(C=Nc2cccc(CN3CCN=C3c3cccc(N=Cc4ccc(Cl)cc4)c3)c2)cc1. The number of nitrogens with zero attached hydrogens (tertiary/aromatic N) is 4. The van der Waals surface area contributed by atoms with Gasteiger partial charge in [0, 0.05) is 41.1 Å². The van der Waals surface area contributed by atoms with E-state index in [2.05, 4.69) is 39.2 Å². The van der Waals surface area contributed by atoms with Crippen molar-refractivity contribution in [1.29, 1.82) is 0 Å². The smallest absolute Gasteiger partial charge is 0.131 e. The highest BCUT2D eigenvalue weighted by molar-refractivity contribution is 6.30. The van der Waals surface area contributed by atoms with Gasteiger partial charge in [0.15, 0.2) is 0 Å². The van der Waals surface area contributed by atoms with Crippen LogP contribution in [-0.4, -0.2) is 36.3 Å². The zero-order valence-electron chi connectivity index (χ0n) is 19.6. The molecule has 0 amide bonds. The number of rotatable bonds is 7. The lowest BCUT2D eigenvalue weighted by Gasteiger charge is -2.21. The molecule has 0 radical (unpaired) electrons. The normalized spacial score (nSPS) is 13.6. The first-order chi connectivity index (χ1) is 17.6. The summed E-state index contributed by atoms with van der Waals surface area (Å²) in [4.78, 5) is 16.4. The van der Waals surface area contributed by atoms with Crippen LogP contribution in [0, 0.1) is 0 Å². The first kappa shape index (κ1) is 24.0. The highest BCUT2D eigenvalue weighted by Crippen LogP contribution is 2.22. The van der Waals surface area contributed by atoms with Gasteiger partial charge in [-0.1, -0.05) is 71.7 Å². The summed E-state index contributed by atoms with van der Waals surface area (Å²) in [7, 11) is 0. The minimum Gasteiger partial charge on any atom is -0.350 e. The van der Waals surface area contributed by atoms with E-state index in [1.165, 1.54) is 5.56 Å². The molecule has 0 aromatic heterocycles. The molecule has 1 aliphatic rings. The monoisotopic (exact) mass is 510 g/mol. The molecule has 6 heteroatoms. The van der Waals surface area contributed by atoms with Crippen LogP contribution in [0.25, 0.3) is 0 Å². The molecule has 0 spiro atoms. The topological polar surface area (TPSA) is 40.3 Å². The molecule has 1 heterocycles. The van der Waals surface area contributed by atoms with Crippen LogP contribution in [0.15, 0.2) is 112 Å². The van der Waals surface area contributed by atoms with Crippen molar-refractivity contribution < 1.29 is 0 Å². The Morgan fingerprint density at radius 3 is 1.94 bits per heavy atom. The van der Waals surface area contributed by atoms with E-state index in [9.17, 15) is 0 Å². The molecule has 1 aliphatic heterocycles. The average Bonchev–Trinajstić information content (AvgIpc) is 3.36. The van der Waals surface area contributed by atoms with E-state index in [4.69, 9.17) is 28.2 Å². The number of hydrogen-bond donors (Lipinski definition) is 0. The molecule has 0 saturated carbocycles. The summed E-state index contributed by atoms with van der Waals surface area (Å²) in [5, 5.41) is 1.43. The summed E-state index contributed by atoms with van der Waals surface area (Å²) in [6, 6.07) is 31.8. The first-order valence-electron chi connectivity index (χ1n) is 11.7. The van der Waals surface area contributed by atoms with Crippen molar-refractivity contribution in [3.8, 4) is 0 Å².